The van der Waals surface area contributed by atoms with Gasteiger partial charge in [0, 0.05) is 23.7 Å². The first-order chi connectivity index (χ1) is 10.0. The molecule has 0 bridgehead atoms. The molecular weight excluding hydrogens is 292 g/mol. The fourth-order valence-corrected chi connectivity index (χ4v) is 1.99. The molecule has 0 spiro atoms. The summed E-state index contributed by atoms with van der Waals surface area (Å²) in [4.78, 5) is 24.9. The predicted molar refractivity (Wildman–Crippen MR) is 82.3 cm³/mol. The molecule has 1 atom stereocenters. The van der Waals surface area contributed by atoms with E-state index in [1.54, 1.807) is 36.4 Å². The topological polar surface area (TPSA) is 69.6 Å². The van der Waals surface area contributed by atoms with Crippen molar-refractivity contribution in [3.05, 3.63) is 60.2 Å². The third-order valence-electron chi connectivity index (χ3n) is 2.72. The van der Waals surface area contributed by atoms with Crippen LogP contribution in [0.25, 0.3) is 0 Å². The number of hydrogen-bond acceptors (Lipinski definition) is 2. The summed E-state index contributed by atoms with van der Waals surface area (Å²) in [5.74, 6) is -1.19. The molecule has 0 heterocycles. The first-order valence-electron chi connectivity index (χ1n) is 6.25. The molecule has 112 valence electrons. The van der Waals surface area contributed by atoms with Crippen LogP contribution < -0.4 is 5.32 Å². The van der Waals surface area contributed by atoms with Crippen molar-refractivity contribution >= 4 is 23.6 Å². The number of benzene rings is 1. The molecule has 2 amide bonds. The number of carbonyl (C=O) groups is 2. The van der Waals surface area contributed by atoms with E-state index in [0.717, 1.165) is 0 Å². The minimum Gasteiger partial charge on any atom is -0.479 e. The minimum atomic E-state index is -1.22. The number of urea groups is 1. The maximum absolute atomic E-state index is 12.1. The Morgan fingerprint density at radius 2 is 1.86 bits per heavy atom. The molecule has 1 rings (SSSR count). The van der Waals surface area contributed by atoms with Crippen molar-refractivity contribution in [1.29, 1.82) is 0 Å². The summed E-state index contributed by atoms with van der Waals surface area (Å²) in [6, 6.07) is 4.74. The number of nitrogens with zero attached hydrogens (tertiary/aromatic N) is 1. The van der Waals surface area contributed by atoms with Crippen molar-refractivity contribution in [1.82, 2.24) is 10.2 Å². The van der Waals surface area contributed by atoms with Crippen molar-refractivity contribution < 1.29 is 14.7 Å². The normalized spacial score (nSPS) is 11.3. The van der Waals surface area contributed by atoms with E-state index in [1.165, 1.54) is 4.90 Å². The molecule has 2 N–H and O–H groups in total. The van der Waals surface area contributed by atoms with E-state index in [2.05, 4.69) is 18.5 Å². The van der Waals surface area contributed by atoms with E-state index in [4.69, 9.17) is 11.6 Å². The van der Waals surface area contributed by atoms with E-state index in [1.807, 2.05) is 0 Å². The molecule has 21 heavy (non-hydrogen) atoms. The van der Waals surface area contributed by atoms with Crippen LogP contribution >= 0.6 is 11.6 Å². The highest BCUT2D eigenvalue weighted by atomic mass is 35.5. The fourth-order valence-electron chi connectivity index (χ4n) is 1.75. The molecule has 0 aliphatic carbocycles. The molecule has 0 saturated carbocycles. The average molecular weight is 309 g/mol. The van der Waals surface area contributed by atoms with E-state index in [0.29, 0.717) is 5.56 Å². The number of hydrogen-bond donors (Lipinski definition) is 2. The van der Waals surface area contributed by atoms with Gasteiger partial charge in [0.15, 0.2) is 6.04 Å². The van der Waals surface area contributed by atoms with Crippen LogP contribution in [0, 0.1) is 0 Å². The van der Waals surface area contributed by atoms with Crippen LogP contribution in [0.4, 0.5) is 4.79 Å². The van der Waals surface area contributed by atoms with Gasteiger partial charge in [-0.25, -0.2) is 9.59 Å². The van der Waals surface area contributed by atoms with Crippen LogP contribution in [0.3, 0.4) is 0 Å². The minimum absolute atomic E-state index is 0.282. The third-order valence-corrected chi connectivity index (χ3v) is 3.06. The molecule has 6 heteroatoms. The number of carboxylic acids is 1. The van der Waals surface area contributed by atoms with Crippen molar-refractivity contribution in [2.45, 2.75) is 6.04 Å². The second-order valence-corrected chi connectivity index (χ2v) is 4.63. The van der Waals surface area contributed by atoms with E-state index in [9.17, 15) is 14.7 Å². The zero-order valence-electron chi connectivity index (χ0n) is 11.5. The van der Waals surface area contributed by atoms with Crippen molar-refractivity contribution in [3.63, 3.8) is 0 Å². The molecule has 0 aliphatic heterocycles. The fraction of sp³-hybridized carbons (Fsp3) is 0.200. The number of aliphatic carboxylic acids is 1. The lowest BCUT2D eigenvalue weighted by atomic mass is 10.1. The summed E-state index contributed by atoms with van der Waals surface area (Å²) < 4.78 is 0. The Kier molecular flexibility index (Phi) is 6.49. The number of carboxylic acid groups (broad SMARTS) is 1. The molecule has 0 aromatic heterocycles. The second-order valence-electron chi connectivity index (χ2n) is 4.22. The third kappa shape index (κ3) is 4.65. The van der Waals surface area contributed by atoms with Gasteiger partial charge in [0.1, 0.15) is 0 Å². The first kappa shape index (κ1) is 16.8. The number of rotatable bonds is 7. The SMILES string of the molecule is C=CCN(CC=C)C(=O)N[C@@H](C(=O)O)c1ccccc1Cl. The largest absolute Gasteiger partial charge is 0.479 e. The van der Waals surface area contributed by atoms with Crippen LogP contribution in [0.1, 0.15) is 11.6 Å². The Morgan fingerprint density at radius 3 is 2.33 bits per heavy atom. The van der Waals surface area contributed by atoms with Gasteiger partial charge in [0.25, 0.3) is 0 Å². The summed E-state index contributed by atoms with van der Waals surface area (Å²) in [5, 5.41) is 12.0. The summed E-state index contributed by atoms with van der Waals surface area (Å²) in [6.45, 7) is 7.69. The standard InChI is InChI=1S/C15H17ClN2O3/c1-3-9-18(10-4-2)15(21)17-13(14(19)20)11-7-5-6-8-12(11)16/h3-8,13H,1-2,9-10H2,(H,17,21)(H,19,20)/t13-/m1/s1. The Balaban J connectivity index is 2.95. The van der Waals surface area contributed by atoms with Gasteiger partial charge in [-0.05, 0) is 6.07 Å². The lowest BCUT2D eigenvalue weighted by molar-refractivity contribution is -0.139. The molecule has 0 fully saturated rings. The maximum Gasteiger partial charge on any atom is 0.331 e. The Morgan fingerprint density at radius 1 is 1.29 bits per heavy atom. The molecular formula is C15H17ClN2O3. The van der Waals surface area contributed by atoms with Crippen LogP contribution in [0.5, 0.6) is 0 Å². The number of carbonyl (C=O) groups excluding carboxylic acids is 1. The highest BCUT2D eigenvalue weighted by molar-refractivity contribution is 6.31. The van der Waals surface area contributed by atoms with Crippen LogP contribution in [0.15, 0.2) is 49.6 Å². The average Bonchev–Trinajstić information content (AvgIpc) is 2.45. The number of nitrogens with one attached hydrogen (secondary N) is 1. The Bertz CT molecular complexity index is 535. The van der Waals surface area contributed by atoms with Crippen LogP contribution in [0.2, 0.25) is 5.02 Å². The quantitative estimate of drug-likeness (QED) is 0.761. The summed E-state index contributed by atoms with van der Waals surface area (Å²) in [5.41, 5.74) is 0.331. The van der Waals surface area contributed by atoms with Gasteiger partial charge in [-0.15, -0.1) is 13.2 Å². The van der Waals surface area contributed by atoms with Gasteiger partial charge in [-0.2, -0.15) is 0 Å². The van der Waals surface area contributed by atoms with Crippen molar-refractivity contribution in [3.8, 4) is 0 Å². The lowest BCUT2D eigenvalue weighted by Gasteiger charge is -2.23. The van der Waals surface area contributed by atoms with Gasteiger partial charge < -0.3 is 15.3 Å². The predicted octanol–water partition coefficient (Wildman–Crippen LogP) is 2.85. The van der Waals surface area contributed by atoms with Gasteiger partial charge in [0.2, 0.25) is 0 Å². The van der Waals surface area contributed by atoms with Crippen molar-refractivity contribution in [2.75, 3.05) is 13.1 Å². The number of amides is 2. The highest BCUT2D eigenvalue weighted by Gasteiger charge is 2.25. The molecule has 1 aromatic carbocycles. The molecule has 1 aromatic rings. The number of halogens is 1. The summed E-state index contributed by atoms with van der Waals surface area (Å²) in [7, 11) is 0. The Labute approximate surface area is 128 Å². The molecule has 0 radical (unpaired) electrons. The van der Waals surface area contributed by atoms with Crippen LogP contribution in [-0.4, -0.2) is 35.1 Å². The van der Waals surface area contributed by atoms with E-state index >= 15 is 0 Å². The molecule has 0 aliphatic rings. The zero-order valence-corrected chi connectivity index (χ0v) is 12.2. The molecule has 0 saturated heterocycles. The smallest absolute Gasteiger partial charge is 0.331 e. The second kappa shape index (κ2) is 8.11. The molecule has 5 nitrogen and oxygen atoms in total. The van der Waals surface area contributed by atoms with E-state index < -0.39 is 18.0 Å². The summed E-state index contributed by atoms with van der Waals surface area (Å²) in [6.07, 6.45) is 3.10. The van der Waals surface area contributed by atoms with Gasteiger partial charge in [-0.3, -0.25) is 0 Å². The van der Waals surface area contributed by atoms with Gasteiger partial charge >= 0.3 is 12.0 Å². The summed E-state index contributed by atoms with van der Waals surface area (Å²) >= 11 is 5.99. The highest BCUT2D eigenvalue weighted by Crippen LogP contribution is 2.23. The van der Waals surface area contributed by atoms with Gasteiger partial charge in [-0.1, -0.05) is 42.0 Å². The monoisotopic (exact) mass is 308 g/mol. The first-order valence-corrected chi connectivity index (χ1v) is 6.63. The van der Waals surface area contributed by atoms with Crippen LogP contribution in [-0.2, 0) is 4.79 Å². The van der Waals surface area contributed by atoms with Crippen molar-refractivity contribution in [2.24, 2.45) is 0 Å². The Hall–Kier alpha value is -2.27. The molecule has 0 unspecified atom stereocenters. The van der Waals surface area contributed by atoms with Gasteiger partial charge in [0.05, 0.1) is 0 Å². The lowest BCUT2D eigenvalue weighted by Crippen LogP contribution is -2.44. The van der Waals surface area contributed by atoms with E-state index in [-0.39, 0.29) is 18.1 Å². The maximum atomic E-state index is 12.1. The zero-order chi connectivity index (χ0) is 15.8.